The quantitative estimate of drug-likeness (QED) is 0.426. The Hall–Kier alpha value is -3.48. The maximum atomic E-state index is 13.9. The van der Waals surface area contributed by atoms with Crippen molar-refractivity contribution in [3.63, 3.8) is 0 Å². The predicted octanol–water partition coefficient (Wildman–Crippen LogP) is 3.52. The molecule has 2 aromatic heterocycles. The van der Waals surface area contributed by atoms with E-state index in [-0.39, 0.29) is 17.0 Å². The molecule has 170 valence electrons. The first kappa shape index (κ1) is 22.7. The minimum Gasteiger partial charge on any atom is -0.476 e. The SMILES string of the molecule is Cc1c(Cc2ccc(S(N)(=O)=O)cc2)c(-c2ccc(F)c(F)c2)nn1-c1nc(C(=O)O)cs1. The number of rotatable bonds is 6. The van der Waals surface area contributed by atoms with Gasteiger partial charge in [-0.25, -0.2) is 36.8 Å². The van der Waals surface area contributed by atoms with Gasteiger partial charge in [-0.2, -0.15) is 5.10 Å². The third kappa shape index (κ3) is 4.53. The molecule has 0 saturated carbocycles. The van der Waals surface area contributed by atoms with Crippen LogP contribution in [0.1, 0.15) is 27.3 Å². The van der Waals surface area contributed by atoms with Crippen molar-refractivity contribution < 1.29 is 27.1 Å². The molecule has 4 rings (SSSR count). The summed E-state index contributed by atoms with van der Waals surface area (Å²) in [6, 6.07) is 9.36. The van der Waals surface area contributed by atoms with E-state index in [2.05, 4.69) is 10.1 Å². The molecule has 0 saturated heterocycles. The third-order valence-electron chi connectivity index (χ3n) is 4.96. The number of carboxylic acids is 1. The number of aromatic nitrogens is 3. The lowest BCUT2D eigenvalue weighted by molar-refractivity contribution is 0.0691. The van der Waals surface area contributed by atoms with Gasteiger partial charge in [-0.05, 0) is 42.8 Å². The second-order valence-electron chi connectivity index (χ2n) is 7.14. The molecule has 0 unspecified atom stereocenters. The highest BCUT2D eigenvalue weighted by molar-refractivity contribution is 7.89. The highest BCUT2D eigenvalue weighted by Crippen LogP contribution is 2.31. The van der Waals surface area contributed by atoms with E-state index in [1.807, 2.05) is 0 Å². The van der Waals surface area contributed by atoms with Gasteiger partial charge < -0.3 is 5.11 Å². The zero-order valence-corrected chi connectivity index (χ0v) is 18.6. The standard InChI is InChI=1S/C21H16F2N4O4S2/c1-11-15(8-12-2-5-14(6-3-12)33(24,30)31)19(13-4-7-16(22)17(23)9-13)26-27(11)21-25-18(10-32-21)20(28)29/h2-7,9-10H,8H2,1H3,(H,28,29)(H2,24,30,31). The molecule has 0 atom stereocenters. The summed E-state index contributed by atoms with van der Waals surface area (Å²) in [5.74, 6) is -3.22. The lowest BCUT2D eigenvalue weighted by atomic mass is 9.99. The van der Waals surface area contributed by atoms with Crippen LogP contribution in [0.2, 0.25) is 0 Å². The molecule has 0 aliphatic heterocycles. The molecule has 12 heteroatoms. The van der Waals surface area contributed by atoms with E-state index in [4.69, 9.17) is 10.2 Å². The van der Waals surface area contributed by atoms with Gasteiger partial charge in [-0.3, -0.25) is 0 Å². The van der Waals surface area contributed by atoms with Gasteiger partial charge >= 0.3 is 5.97 Å². The van der Waals surface area contributed by atoms with Crippen LogP contribution in [0.15, 0.2) is 52.7 Å². The maximum absolute atomic E-state index is 13.9. The minimum absolute atomic E-state index is 0.0384. The van der Waals surface area contributed by atoms with Crippen molar-refractivity contribution in [1.29, 1.82) is 0 Å². The molecule has 0 radical (unpaired) electrons. The zero-order valence-electron chi connectivity index (χ0n) is 17.0. The molecule has 3 N–H and O–H groups in total. The first-order valence-electron chi connectivity index (χ1n) is 9.39. The fourth-order valence-corrected chi connectivity index (χ4v) is 4.58. The van der Waals surface area contributed by atoms with Gasteiger partial charge in [0.2, 0.25) is 15.2 Å². The number of thiazole rings is 1. The Morgan fingerprint density at radius 2 is 1.85 bits per heavy atom. The van der Waals surface area contributed by atoms with E-state index in [9.17, 15) is 22.0 Å². The van der Waals surface area contributed by atoms with Gasteiger partial charge in [0.25, 0.3) is 0 Å². The van der Waals surface area contributed by atoms with Crippen molar-refractivity contribution >= 4 is 27.3 Å². The first-order valence-corrected chi connectivity index (χ1v) is 11.8. The van der Waals surface area contributed by atoms with Crippen LogP contribution in [0.4, 0.5) is 8.78 Å². The molecular weight excluding hydrogens is 474 g/mol. The van der Waals surface area contributed by atoms with Gasteiger partial charge in [0.1, 0.15) is 0 Å². The van der Waals surface area contributed by atoms with Crippen molar-refractivity contribution in [2.24, 2.45) is 5.14 Å². The van der Waals surface area contributed by atoms with Crippen LogP contribution in [0.3, 0.4) is 0 Å². The van der Waals surface area contributed by atoms with Crippen molar-refractivity contribution in [2.45, 2.75) is 18.2 Å². The number of nitrogens with two attached hydrogens (primary N) is 1. The highest BCUT2D eigenvalue weighted by Gasteiger charge is 2.21. The summed E-state index contributed by atoms with van der Waals surface area (Å²) in [7, 11) is -3.85. The molecule has 4 aromatic rings. The monoisotopic (exact) mass is 490 g/mol. The largest absolute Gasteiger partial charge is 0.476 e. The molecule has 0 aliphatic carbocycles. The minimum atomic E-state index is -3.85. The summed E-state index contributed by atoms with van der Waals surface area (Å²) in [5.41, 5.74) is 2.52. The zero-order chi connectivity index (χ0) is 23.9. The van der Waals surface area contributed by atoms with Gasteiger partial charge in [-0.15, -0.1) is 11.3 Å². The van der Waals surface area contributed by atoms with Crippen LogP contribution >= 0.6 is 11.3 Å². The summed E-state index contributed by atoms with van der Waals surface area (Å²) in [5, 5.41) is 20.5. The van der Waals surface area contributed by atoms with Gasteiger partial charge in [0, 0.05) is 28.6 Å². The van der Waals surface area contributed by atoms with Crippen molar-refractivity contribution in [1.82, 2.24) is 14.8 Å². The fraction of sp³-hybridized carbons (Fsp3) is 0.0952. The van der Waals surface area contributed by atoms with Crippen LogP contribution in [-0.2, 0) is 16.4 Å². The number of hydrogen-bond acceptors (Lipinski definition) is 6. The number of hydrogen-bond donors (Lipinski definition) is 2. The molecule has 0 spiro atoms. The van der Waals surface area contributed by atoms with Gasteiger partial charge in [-0.1, -0.05) is 12.1 Å². The number of carboxylic acid groups (broad SMARTS) is 1. The van der Waals surface area contributed by atoms with E-state index >= 15 is 0 Å². The number of halogens is 2. The van der Waals surface area contributed by atoms with Gasteiger partial charge in [0.05, 0.1) is 10.6 Å². The molecular formula is C21H16F2N4O4S2. The smallest absolute Gasteiger partial charge is 0.355 e. The summed E-state index contributed by atoms with van der Waals surface area (Å²) >= 11 is 1.07. The molecule has 0 amide bonds. The van der Waals surface area contributed by atoms with E-state index in [1.54, 1.807) is 19.1 Å². The Bertz CT molecular complexity index is 1480. The maximum Gasteiger partial charge on any atom is 0.355 e. The van der Waals surface area contributed by atoms with Crippen molar-refractivity contribution in [2.75, 3.05) is 0 Å². The Kier molecular flexibility index (Phi) is 5.82. The van der Waals surface area contributed by atoms with Crippen molar-refractivity contribution in [3.8, 4) is 16.4 Å². The molecule has 8 nitrogen and oxygen atoms in total. The van der Waals surface area contributed by atoms with Crippen LogP contribution < -0.4 is 5.14 Å². The average molecular weight is 491 g/mol. The van der Waals surface area contributed by atoms with E-state index in [0.717, 1.165) is 29.0 Å². The Labute approximate surface area is 191 Å². The van der Waals surface area contributed by atoms with Crippen molar-refractivity contribution in [3.05, 3.63) is 82.0 Å². The first-order chi connectivity index (χ1) is 15.5. The Morgan fingerprint density at radius 1 is 1.15 bits per heavy atom. The normalized spacial score (nSPS) is 11.6. The highest BCUT2D eigenvalue weighted by atomic mass is 32.2. The topological polar surface area (TPSA) is 128 Å². The van der Waals surface area contributed by atoms with E-state index in [1.165, 1.54) is 28.3 Å². The summed E-state index contributed by atoms with van der Waals surface area (Å²) in [6.45, 7) is 1.74. The molecule has 2 aromatic carbocycles. The third-order valence-corrected chi connectivity index (χ3v) is 6.70. The Morgan fingerprint density at radius 3 is 2.42 bits per heavy atom. The summed E-state index contributed by atoms with van der Waals surface area (Å²) in [4.78, 5) is 15.3. The number of sulfonamides is 1. The van der Waals surface area contributed by atoms with E-state index < -0.39 is 27.6 Å². The number of carbonyl (C=O) groups is 1. The molecule has 2 heterocycles. The number of benzene rings is 2. The number of aromatic carboxylic acids is 1. The predicted molar refractivity (Wildman–Crippen MR) is 117 cm³/mol. The van der Waals surface area contributed by atoms with Gasteiger partial charge in [0.15, 0.2) is 17.3 Å². The lowest BCUT2D eigenvalue weighted by Crippen LogP contribution is -2.11. The fourth-order valence-electron chi connectivity index (χ4n) is 3.27. The van der Waals surface area contributed by atoms with Crippen LogP contribution in [0, 0.1) is 18.6 Å². The van der Waals surface area contributed by atoms with Crippen LogP contribution in [-0.4, -0.2) is 34.3 Å². The summed E-state index contributed by atoms with van der Waals surface area (Å²) in [6.07, 6.45) is 0.280. The molecule has 0 fully saturated rings. The van der Waals surface area contributed by atoms with Crippen LogP contribution in [0.5, 0.6) is 0 Å². The van der Waals surface area contributed by atoms with Crippen LogP contribution in [0.25, 0.3) is 16.4 Å². The summed E-state index contributed by atoms with van der Waals surface area (Å²) < 4.78 is 51.9. The number of nitrogens with zero attached hydrogens (tertiary/aromatic N) is 3. The average Bonchev–Trinajstić information content (AvgIpc) is 3.36. The van der Waals surface area contributed by atoms with E-state index in [0.29, 0.717) is 27.6 Å². The second-order valence-corrected chi connectivity index (χ2v) is 9.54. The molecule has 0 bridgehead atoms. The molecule has 33 heavy (non-hydrogen) atoms. The second kappa shape index (κ2) is 8.46. The Balaban J connectivity index is 1.83. The molecule has 0 aliphatic rings. The number of primary sulfonamides is 1. The lowest BCUT2D eigenvalue weighted by Gasteiger charge is -2.07.